The van der Waals surface area contributed by atoms with Crippen molar-refractivity contribution in [2.45, 2.75) is 13.8 Å². The Hall–Kier alpha value is -2.49. The third kappa shape index (κ3) is 3.48. The van der Waals surface area contributed by atoms with Gasteiger partial charge in [0.1, 0.15) is 5.75 Å². The molecule has 0 atom stereocenters. The quantitative estimate of drug-likeness (QED) is 0.718. The van der Waals surface area contributed by atoms with Gasteiger partial charge in [0.25, 0.3) is 0 Å². The van der Waals surface area contributed by atoms with Gasteiger partial charge in [-0.15, -0.1) is 0 Å². The average Bonchev–Trinajstić information content (AvgIpc) is 2.36. The molecule has 0 unspecified atom stereocenters. The molecule has 0 heterocycles. The Morgan fingerprint density at radius 2 is 1.58 bits per heavy atom. The highest BCUT2D eigenvalue weighted by molar-refractivity contribution is 6.00. The van der Waals surface area contributed by atoms with Crippen LogP contribution in [0.3, 0.4) is 0 Å². The number of benzene rings is 2. The molecule has 0 radical (unpaired) electrons. The molecule has 2 aromatic rings. The van der Waals surface area contributed by atoms with Gasteiger partial charge in [-0.1, -0.05) is 23.8 Å². The van der Waals surface area contributed by atoms with Crippen molar-refractivity contribution in [2.75, 3.05) is 10.6 Å². The van der Waals surface area contributed by atoms with Crippen LogP contribution in [0.2, 0.25) is 0 Å². The molecule has 2 amide bonds. The fourth-order valence-corrected chi connectivity index (χ4v) is 1.67. The van der Waals surface area contributed by atoms with E-state index in [1.807, 2.05) is 44.2 Å². The van der Waals surface area contributed by atoms with Gasteiger partial charge in [0.15, 0.2) is 0 Å². The van der Waals surface area contributed by atoms with Crippen LogP contribution in [0.5, 0.6) is 5.75 Å². The number of phenols is 1. The van der Waals surface area contributed by atoms with Gasteiger partial charge < -0.3 is 15.7 Å². The van der Waals surface area contributed by atoms with Crippen LogP contribution < -0.4 is 10.6 Å². The Kier molecular flexibility index (Phi) is 3.71. The number of phenolic OH excluding ortho intramolecular Hbond substituents is 1. The molecule has 0 aliphatic carbocycles. The molecule has 4 nitrogen and oxygen atoms in total. The van der Waals surface area contributed by atoms with Crippen LogP contribution in [0.1, 0.15) is 11.1 Å². The van der Waals surface area contributed by atoms with Crippen molar-refractivity contribution in [2.24, 2.45) is 0 Å². The van der Waals surface area contributed by atoms with Crippen LogP contribution in [-0.2, 0) is 0 Å². The summed E-state index contributed by atoms with van der Waals surface area (Å²) in [7, 11) is 0. The molecule has 98 valence electrons. The maximum absolute atomic E-state index is 11.8. The number of aryl methyl sites for hydroxylation is 2. The lowest BCUT2D eigenvalue weighted by molar-refractivity contribution is 0.262. The van der Waals surface area contributed by atoms with Gasteiger partial charge in [-0.05, 0) is 43.7 Å². The minimum absolute atomic E-state index is 0.0547. The molecule has 0 spiro atoms. The molecule has 2 rings (SSSR count). The van der Waals surface area contributed by atoms with Gasteiger partial charge in [0.05, 0.1) is 5.69 Å². The number of aromatic hydroxyl groups is 1. The van der Waals surface area contributed by atoms with Gasteiger partial charge in [-0.25, -0.2) is 4.79 Å². The molecule has 0 saturated carbocycles. The topological polar surface area (TPSA) is 61.4 Å². The van der Waals surface area contributed by atoms with E-state index < -0.39 is 0 Å². The Labute approximate surface area is 112 Å². The molecule has 2 aromatic carbocycles. The first-order chi connectivity index (χ1) is 9.04. The minimum atomic E-state index is -0.386. The van der Waals surface area contributed by atoms with Crippen molar-refractivity contribution in [3.05, 3.63) is 53.6 Å². The molecule has 0 bridgehead atoms. The second kappa shape index (κ2) is 5.44. The molecule has 0 aliphatic rings. The van der Waals surface area contributed by atoms with Gasteiger partial charge in [-0.3, -0.25) is 0 Å². The summed E-state index contributed by atoms with van der Waals surface area (Å²) in [6.45, 7) is 3.85. The van der Waals surface area contributed by atoms with E-state index >= 15 is 0 Å². The van der Waals surface area contributed by atoms with Gasteiger partial charge in [0.2, 0.25) is 0 Å². The molecule has 0 aromatic heterocycles. The molecule has 19 heavy (non-hydrogen) atoms. The molecule has 4 heteroatoms. The van der Waals surface area contributed by atoms with E-state index in [1.54, 1.807) is 12.1 Å². The molecular formula is C15H16N2O2. The summed E-state index contributed by atoms with van der Waals surface area (Å²) in [6.07, 6.45) is 0. The highest BCUT2D eigenvalue weighted by Gasteiger charge is 2.06. The number of carbonyl (C=O) groups is 1. The van der Waals surface area contributed by atoms with Crippen LogP contribution >= 0.6 is 0 Å². The highest BCUT2D eigenvalue weighted by atomic mass is 16.3. The zero-order valence-electron chi connectivity index (χ0n) is 10.9. The maximum atomic E-state index is 11.8. The SMILES string of the molecule is Cc1ccc(NC(=O)Nc2ccc(C)cc2O)cc1. The van der Waals surface area contributed by atoms with Crippen molar-refractivity contribution in [3.8, 4) is 5.75 Å². The Balaban J connectivity index is 2.03. The van der Waals surface area contributed by atoms with Gasteiger partial charge >= 0.3 is 6.03 Å². The third-order valence-corrected chi connectivity index (χ3v) is 2.71. The fraction of sp³-hybridized carbons (Fsp3) is 0.133. The fourth-order valence-electron chi connectivity index (χ4n) is 1.67. The monoisotopic (exact) mass is 256 g/mol. The number of anilines is 2. The Bertz CT molecular complexity index is 592. The predicted molar refractivity (Wildman–Crippen MR) is 76.7 cm³/mol. The number of amides is 2. The van der Waals surface area contributed by atoms with E-state index in [-0.39, 0.29) is 11.8 Å². The lowest BCUT2D eigenvalue weighted by Gasteiger charge is -2.09. The second-order valence-corrected chi connectivity index (χ2v) is 4.47. The minimum Gasteiger partial charge on any atom is -0.506 e. The van der Waals surface area contributed by atoms with Crippen LogP contribution in [-0.4, -0.2) is 11.1 Å². The number of carbonyl (C=O) groups excluding carboxylic acids is 1. The van der Waals surface area contributed by atoms with Gasteiger partial charge in [-0.2, -0.15) is 0 Å². The lowest BCUT2D eigenvalue weighted by atomic mass is 10.2. The Morgan fingerprint density at radius 1 is 0.947 bits per heavy atom. The first kappa shape index (κ1) is 13.0. The number of hydrogen-bond acceptors (Lipinski definition) is 2. The molecule has 3 N–H and O–H groups in total. The van der Waals surface area contributed by atoms with Crippen LogP contribution in [0.4, 0.5) is 16.2 Å². The van der Waals surface area contributed by atoms with Crippen LogP contribution in [0.25, 0.3) is 0 Å². The summed E-state index contributed by atoms with van der Waals surface area (Å²) < 4.78 is 0. The van der Waals surface area contributed by atoms with Crippen LogP contribution in [0, 0.1) is 13.8 Å². The van der Waals surface area contributed by atoms with E-state index in [2.05, 4.69) is 10.6 Å². The summed E-state index contributed by atoms with van der Waals surface area (Å²) in [5.41, 5.74) is 3.15. The summed E-state index contributed by atoms with van der Waals surface area (Å²) in [6, 6.07) is 12.2. The predicted octanol–water partition coefficient (Wildman–Crippen LogP) is 3.65. The second-order valence-electron chi connectivity index (χ2n) is 4.47. The number of rotatable bonds is 2. The van der Waals surface area contributed by atoms with E-state index in [0.717, 1.165) is 11.1 Å². The zero-order valence-corrected chi connectivity index (χ0v) is 10.9. The Morgan fingerprint density at radius 3 is 2.21 bits per heavy atom. The van der Waals surface area contributed by atoms with Crippen molar-refractivity contribution < 1.29 is 9.90 Å². The lowest BCUT2D eigenvalue weighted by Crippen LogP contribution is -2.19. The van der Waals surface area contributed by atoms with E-state index in [4.69, 9.17) is 0 Å². The molecule has 0 fully saturated rings. The largest absolute Gasteiger partial charge is 0.506 e. The first-order valence-electron chi connectivity index (χ1n) is 5.99. The molecule has 0 aliphatic heterocycles. The zero-order chi connectivity index (χ0) is 13.8. The third-order valence-electron chi connectivity index (χ3n) is 2.71. The number of urea groups is 1. The first-order valence-corrected chi connectivity index (χ1v) is 5.99. The smallest absolute Gasteiger partial charge is 0.323 e. The standard InChI is InChI=1S/C15H16N2O2/c1-10-3-6-12(7-4-10)16-15(19)17-13-8-5-11(2)9-14(13)18/h3-9,18H,1-2H3,(H2,16,17,19). The summed E-state index contributed by atoms with van der Waals surface area (Å²) in [5.74, 6) is 0.0547. The van der Waals surface area contributed by atoms with Crippen LogP contribution in [0.15, 0.2) is 42.5 Å². The summed E-state index contributed by atoms with van der Waals surface area (Å²) in [5, 5.41) is 15.0. The van der Waals surface area contributed by atoms with Gasteiger partial charge in [0, 0.05) is 5.69 Å². The van der Waals surface area contributed by atoms with E-state index in [0.29, 0.717) is 11.4 Å². The van der Waals surface area contributed by atoms with E-state index in [9.17, 15) is 9.90 Å². The van der Waals surface area contributed by atoms with Crippen molar-refractivity contribution in [1.29, 1.82) is 0 Å². The molecule has 0 saturated heterocycles. The van der Waals surface area contributed by atoms with E-state index in [1.165, 1.54) is 0 Å². The maximum Gasteiger partial charge on any atom is 0.323 e. The summed E-state index contributed by atoms with van der Waals surface area (Å²) in [4.78, 5) is 11.8. The highest BCUT2D eigenvalue weighted by Crippen LogP contribution is 2.24. The van der Waals surface area contributed by atoms with Crippen molar-refractivity contribution >= 4 is 17.4 Å². The average molecular weight is 256 g/mol. The van der Waals surface area contributed by atoms with Crippen molar-refractivity contribution in [3.63, 3.8) is 0 Å². The number of nitrogens with one attached hydrogen (secondary N) is 2. The normalized spacial score (nSPS) is 10.0. The number of hydrogen-bond donors (Lipinski definition) is 3. The molecular weight excluding hydrogens is 240 g/mol. The summed E-state index contributed by atoms with van der Waals surface area (Å²) >= 11 is 0. The van der Waals surface area contributed by atoms with Crippen molar-refractivity contribution in [1.82, 2.24) is 0 Å².